The third kappa shape index (κ3) is 4.63. The molecule has 0 aliphatic heterocycles. The van der Waals surface area contributed by atoms with E-state index in [9.17, 15) is 9.59 Å². The van der Waals surface area contributed by atoms with Crippen molar-refractivity contribution >= 4 is 23.6 Å². The van der Waals surface area contributed by atoms with Crippen molar-refractivity contribution in [2.45, 2.75) is 30.8 Å². The highest BCUT2D eigenvalue weighted by Crippen LogP contribution is 2.18. The summed E-state index contributed by atoms with van der Waals surface area (Å²) in [6.07, 6.45) is 4.78. The third-order valence-corrected chi connectivity index (χ3v) is 4.24. The Balaban J connectivity index is 1.90. The lowest BCUT2D eigenvalue weighted by Crippen LogP contribution is -2.45. The molecule has 1 aromatic carbocycles. The van der Waals surface area contributed by atoms with Crippen molar-refractivity contribution in [1.29, 1.82) is 0 Å². The van der Waals surface area contributed by atoms with Crippen molar-refractivity contribution in [3.05, 3.63) is 54.0 Å². The molecule has 0 saturated heterocycles. The molecule has 2 amide bonds. The van der Waals surface area contributed by atoms with Crippen molar-refractivity contribution in [2.75, 3.05) is 6.26 Å². The minimum atomic E-state index is -0.634. The highest BCUT2D eigenvalue weighted by atomic mass is 32.2. The number of rotatable bonds is 6. The quantitative estimate of drug-likeness (QED) is 0.798. The van der Waals surface area contributed by atoms with Gasteiger partial charge in [-0.15, -0.1) is 11.8 Å². The second-order valence-electron chi connectivity index (χ2n) is 5.21. The molecule has 2 atom stereocenters. The zero-order valence-electron chi connectivity index (χ0n) is 13.3. The van der Waals surface area contributed by atoms with E-state index in [-0.39, 0.29) is 17.9 Å². The van der Waals surface area contributed by atoms with Crippen LogP contribution in [0.25, 0.3) is 0 Å². The Labute approximate surface area is 139 Å². The van der Waals surface area contributed by atoms with Gasteiger partial charge in [0.15, 0.2) is 0 Å². The molecule has 122 valence electrons. The van der Waals surface area contributed by atoms with E-state index in [4.69, 9.17) is 4.42 Å². The molecule has 5 nitrogen and oxygen atoms in total. The van der Waals surface area contributed by atoms with E-state index in [2.05, 4.69) is 10.6 Å². The summed E-state index contributed by atoms with van der Waals surface area (Å²) in [5.74, 6) is -0.568. The minimum Gasteiger partial charge on any atom is -0.472 e. The van der Waals surface area contributed by atoms with Gasteiger partial charge in [0.2, 0.25) is 5.91 Å². The molecule has 6 heteroatoms. The van der Waals surface area contributed by atoms with Crippen molar-refractivity contribution in [3.8, 4) is 0 Å². The Morgan fingerprint density at radius 3 is 2.35 bits per heavy atom. The first kappa shape index (κ1) is 17.1. The maximum atomic E-state index is 12.2. The summed E-state index contributed by atoms with van der Waals surface area (Å²) >= 11 is 1.67. The molecule has 2 rings (SSSR count). The summed E-state index contributed by atoms with van der Waals surface area (Å²) in [7, 11) is 0. The van der Waals surface area contributed by atoms with E-state index in [0.29, 0.717) is 5.56 Å². The molecule has 0 aliphatic rings. The number of carbonyl (C=O) groups is 2. The standard InChI is InChI=1S/C17H20N2O3S/c1-11(13-4-6-15(23-3)7-5-13)18-16(20)12(2)19-17(21)14-8-9-22-10-14/h4-12H,1-3H3,(H,18,20)(H,19,21)/t11-,12-/m1/s1. The number of hydrogen-bond donors (Lipinski definition) is 2. The molecule has 0 bridgehead atoms. The Morgan fingerprint density at radius 2 is 1.78 bits per heavy atom. The van der Waals surface area contributed by atoms with Crippen LogP contribution in [0.3, 0.4) is 0 Å². The van der Waals surface area contributed by atoms with Crippen molar-refractivity contribution in [1.82, 2.24) is 10.6 Å². The molecule has 0 aliphatic carbocycles. The third-order valence-electron chi connectivity index (χ3n) is 3.50. The Morgan fingerprint density at radius 1 is 1.09 bits per heavy atom. The fourth-order valence-corrected chi connectivity index (χ4v) is 2.46. The Bertz CT molecular complexity index is 653. The van der Waals surface area contributed by atoms with Crippen LogP contribution in [0.15, 0.2) is 52.2 Å². The first-order valence-corrected chi connectivity index (χ1v) is 8.51. The highest BCUT2D eigenvalue weighted by Gasteiger charge is 2.19. The molecule has 1 heterocycles. The number of furan rings is 1. The monoisotopic (exact) mass is 332 g/mol. The van der Waals surface area contributed by atoms with Gasteiger partial charge in [0.05, 0.1) is 17.9 Å². The van der Waals surface area contributed by atoms with Gasteiger partial charge in [0, 0.05) is 4.90 Å². The molecule has 0 radical (unpaired) electrons. The van der Waals surface area contributed by atoms with Gasteiger partial charge < -0.3 is 15.1 Å². The molecule has 23 heavy (non-hydrogen) atoms. The number of thioether (sulfide) groups is 1. The summed E-state index contributed by atoms with van der Waals surface area (Å²) < 4.78 is 4.86. The molecule has 0 unspecified atom stereocenters. The van der Waals surface area contributed by atoms with Crippen LogP contribution in [0.5, 0.6) is 0 Å². The van der Waals surface area contributed by atoms with Crippen LogP contribution in [0, 0.1) is 0 Å². The van der Waals surface area contributed by atoms with Crippen LogP contribution in [-0.4, -0.2) is 24.1 Å². The van der Waals surface area contributed by atoms with E-state index in [1.807, 2.05) is 37.4 Å². The summed E-state index contributed by atoms with van der Waals surface area (Å²) in [6, 6.07) is 8.81. The average molecular weight is 332 g/mol. The van der Waals surface area contributed by atoms with Crippen molar-refractivity contribution in [2.24, 2.45) is 0 Å². The van der Waals surface area contributed by atoms with E-state index in [1.54, 1.807) is 24.8 Å². The van der Waals surface area contributed by atoms with Crippen molar-refractivity contribution < 1.29 is 14.0 Å². The number of carbonyl (C=O) groups excluding carboxylic acids is 2. The minimum absolute atomic E-state index is 0.133. The number of benzene rings is 1. The lowest BCUT2D eigenvalue weighted by Gasteiger charge is -2.19. The van der Waals surface area contributed by atoms with E-state index < -0.39 is 6.04 Å². The highest BCUT2D eigenvalue weighted by molar-refractivity contribution is 7.98. The van der Waals surface area contributed by atoms with Gasteiger partial charge in [-0.05, 0) is 43.9 Å². The van der Waals surface area contributed by atoms with Crippen molar-refractivity contribution in [3.63, 3.8) is 0 Å². The average Bonchev–Trinajstić information content (AvgIpc) is 3.09. The van der Waals surface area contributed by atoms with Crippen LogP contribution in [0.2, 0.25) is 0 Å². The van der Waals surface area contributed by atoms with Crippen LogP contribution in [-0.2, 0) is 4.79 Å². The molecule has 0 spiro atoms. The zero-order valence-corrected chi connectivity index (χ0v) is 14.1. The van der Waals surface area contributed by atoms with Gasteiger partial charge in [-0.2, -0.15) is 0 Å². The predicted octanol–water partition coefficient (Wildman–Crippen LogP) is 3.00. The number of hydrogen-bond acceptors (Lipinski definition) is 4. The molecular weight excluding hydrogens is 312 g/mol. The summed E-state index contributed by atoms with van der Waals surface area (Å²) in [6.45, 7) is 3.56. The summed E-state index contributed by atoms with van der Waals surface area (Å²) in [4.78, 5) is 25.3. The zero-order chi connectivity index (χ0) is 16.8. The van der Waals surface area contributed by atoms with E-state index in [0.717, 1.165) is 5.56 Å². The first-order valence-electron chi connectivity index (χ1n) is 7.28. The van der Waals surface area contributed by atoms with Gasteiger partial charge in [0.25, 0.3) is 5.91 Å². The fourth-order valence-electron chi connectivity index (χ4n) is 2.05. The number of amides is 2. The summed E-state index contributed by atoms with van der Waals surface area (Å²) in [5, 5.41) is 5.54. The van der Waals surface area contributed by atoms with Gasteiger partial charge in [-0.1, -0.05) is 12.1 Å². The van der Waals surface area contributed by atoms with Crippen LogP contribution in [0.1, 0.15) is 35.8 Å². The molecule has 0 fully saturated rings. The normalized spacial score (nSPS) is 13.2. The lowest BCUT2D eigenvalue weighted by atomic mass is 10.1. The fraction of sp³-hybridized carbons (Fsp3) is 0.294. The SMILES string of the molecule is CSc1ccc([C@@H](C)NC(=O)[C@@H](C)NC(=O)c2ccoc2)cc1. The number of nitrogens with one attached hydrogen (secondary N) is 2. The summed E-state index contributed by atoms with van der Waals surface area (Å²) in [5.41, 5.74) is 1.41. The van der Waals surface area contributed by atoms with Gasteiger partial charge in [0.1, 0.15) is 12.3 Å². The topological polar surface area (TPSA) is 71.3 Å². The molecule has 2 aromatic rings. The maximum Gasteiger partial charge on any atom is 0.255 e. The van der Waals surface area contributed by atoms with Crippen LogP contribution in [0.4, 0.5) is 0 Å². The van der Waals surface area contributed by atoms with Gasteiger partial charge >= 0.3 is 0 Å². The molecule has 2 N–H and O–H groups in total. The predicted molar refractivity (Wildman–Crippen MR) is 90.4 cm³/mol. The second kappa shape index (κ2) is 7.87. The second-order valence-corrected chi connectivity index (χ2v) is 6.09. The first-order chi connectivity index (χ1) is 11.0. The smallest absolute Gasteiger partial charge is 0.255 e. The van der Waals surface area contributed by atoms with Crippen LogP contribution < -0.4 is 10.6 Å². The lowest BCUT2D eigenvalue weighted by molar-refractivity contribution is -0.123. The Hall–Kier alpha value is -2.21. The van der Waals surface area contributed by atoms with E-state index in [1.165, 1.54) is 17.4 Å². The maximum absolute atomic E-state index is 12.2. The Kier molecular flexibility index (Phi) is 5.87. The largest absolute Gasteiger partial charge is 0.472 e. The molecular formula is C17H20N2O3S. The van der Waals surface area contributed by atoms with Gasteiger partial charge in [-0.25, -0.2) is 0 Å². The molecule has 1 aromatic heterocycles. The van der Waals surface area contributed by atoms with E-state index >= 15 is 0 Å². The molecule has 0 saturated carbocycles. The van der Waals surface area contributed by atoms with Gasteiger partial charge in [-0.3, -0.25) is 9.59 Å². The van der Waals surface area contributed by atoms with Crippen LogP contribution >= 0.6 is 11.8 Å².